The van der Waals surface area contributed by atoms with Crippen molar-refractivity contribution in [2.45, 2.75) is 42.4 Å². The zero-order valence-electron chi connectivity index (χ0n) is 9.09. The molecule has 0 atom stereocenters. The number of aliphatic hydroxyl groups excluding tert-OH is 1. The average Bonchev–Trinajstić information content (AvgIpc) is 2.83. The molecule has 0 unspecified atom stereocenters. The monoisotopic (exact) mass is 240 g/mol. The Morgan fingerprint density at radius 2 is 1.69 bits per heavy atom. The van der Waals surface area contributed by atoms with E-state index in [0.29, 0.717) is 4.90 Å². The molecule has 0 saturated heterocycles. The summed E-state index contributed by atoms with van der Waals surface area (Å²) in [6.45, 7) is -0.0518. The van der Waals surface area contributed by atoms with E-state index in [9.17, 15) is 8.42 Å². The Morgan fingerprint density at radius 1 is 1.12 bits per heavy atom. The minimum Gasteiger partial charge on any atom is -0.392 e. The van der Waals surface area contributed by atoms with Crippen LogP contribution >= 0.6 is 0 Å². The summed E-state index contributed by atoms with van der Waals surface area (Å²) in [4.78, 5) is 0.386. The normalized spacial score (nSPS) is 17.8. The molecule has 0 spiro atoms. The van der Waals surface area contributed by atoms with Gasteiger partial charge in [-0.1, -0.05) is 25.0 Å². The molecule has 16 heavy (non-hydrogen) atoms. The number of hydrogen-bond acceptors (Lipinski definition) is 3. The Balaban J connectivity index is 2.28. The molecule has 0 radical (unpaired) electrons. The smallest absolute Gasteiger partial charge is 0.181 e. The minimum atomic E-state index is -3.15. The third kappa shape index (κ3) is 2.13. The van der Waals surface area contributed by atoms with Gasteiger partial charge in [0.15, 0.2) is 9.84 Å². The quantitative estimate of drug-likeness (QED) is 0.878. The van der Waals surface area contributed by atoms with Crippen LogP contribution in [0.3, 0.4) is 0 Å². The lowest BCUT2D eigenvalue weighted by molar-refractivity contribution is 0.282. The van der Waals surface area contributed by atoms with E-state index < -0.39 is 9.84 Å². The fourth-order valence-electron chi connectivity index (χ4n) is 2.18. The van der Waals surface area contributed by atoms with Crippen molar-refractivity contribution in [2.24, 2.45) is 0 Å². The lowest BCUT2D eigenvalue weighted by Gasteiger charge is -2.11. The van der Waals surface area contributed by atoms with Crippen molar-refractivity contribution in [2.75, 3.05) is 0 Å². The third-order valence-corrected chi connectivity index (χ3v) is 5.45. The maximum absolute atomic E-state index is 12.2. The van der Waals surface area contributed by atoms with Gasteiger partial charge in [0.25, 0.3) is 0 Å². The van der Waals surface area contributed by atoms with Gasteiger partial charge < -0.3 is 5.11 Å². The molecule has 1 saturated carbocycles. The summed E-state index contributed by atoms with van der Waals surface area (Å²) in [5.41, 5.74) is 0.741. The number of sulfone groups is 1. The van der Waals surface area contributed by atoms with Crippen molar-refractivity contribution in [1.82, 2.24) is 0 Å². The molecule has 1 aromatic rings. The summed E-state index contributed by atoms with van der Waals surface area (Å²) in [6, 6.07) is 6.53. The average molecular weight is 240 g/mol. The molecule has 1 aliphatic carbocycles. The molecule has 0 aromatic heterocycles. The molecule has 2 rings (SSSR count). The lowest BCUT2D eigenvalue weighted by Crippen LogP contribution is -2.17. The SMILES string of the molecule is O=S(=O)(c1ccc(CO)cc1)C1CCCC1. The Morgan fingerprint density at radius 3 is 2.19 bits per heavy atom. The maximum Gasteiger partial charge on any atom is 0.181 e. The molecule has 1 aromatic carbocycles. The largest absolute Gasteiger partial charge is 0.392 e. The number of benzene rings is 1. The van der Waals surface area contributed by atoms with E-state index >= 15 is 0 Å². The van der Waals surface area contributed by atoms with Crippen molar-refractivity contribution in [3.63, 3.8) is 0 Å². The van der Waals surface area contributed by atoms with Gasteiger partial charge in [-0.25, -0.2) is 8.42 Å². The molecule has 1 fully saturated rings. The highest BCUT2D eigenvalue weighted by Gasteiger charge is 2.29. The lowest BCUT2D eigenvalue weighted by atomic mass is 10.2. The third-order valence-electron chi connectivity index (χ3n) is 3.18. The van der Waals surface area contributed by atoms with Crippen molar-refractivity contribution in [1.29, 1.82) is 0 Å². The first-order valence-corrected chi connectivity index (χ1v) is 7.13. The molecule has 0 heterocycles. The van der Waals surface area contributed by atoms with Crippen molar-refractivity contribution >= 4 is 9.84 Å². The molecular formula is C12H16O3S. The highest BCUT2D eigenvalue weighted by atomic mass is 32.2. The second kappa shape index (κ2) is 4.55. The van der Waals surface area contributed by atoms with Crippen LogP contribution in [-0.2, 0) is 16.4 Å². The first-order chi connectivity index (χ1) is 7.64. The van der Waals surface area contributed by atoms with Crippen molar-refractivity contribution < 1.29 is 13.5 Å². The molecule has 0 amide bonds. The first kappa shape index (κ1) is 11.6. The van der Waals surface area contributed by atoms with Gasteiger partial charge in [-0.05, 0) is 30.5 Å². The highest BCUT2D eigenvalue weighted by molar-refractivity contribution is 7.92. The van der Waals surface area contributed by atoms with E-state index in [-0.39, 0.29) is 11.9 Å². The summed E-state index contributed by atoms with van der Waals surface area (Å²) < 4.78 is 24.3. The maximum atomic E-state index is 12.2. The second-order valence-corrected chi connectivity index (χ2v) is 6.48. The zero-order valence-corrected chi connectivity index (χ0v) is 9.91. The zero-order chi connectivity index (χ0) is 11.6. The Bertz CT molecular complexity index is 442. The molecule has 0 bridgehead atoms. The first-order valence-electron chi connectivity index (χ1n) is 5.58. The van der Waals surface area contributed by atoms with E-state index in [1.54, 1.807) is 24.3 Å². The molecule has 4 heteroatoms. The summed E-state index contributed by atoms with van der Waals surface area (Å²) in [6.07, 6.45) is 3.59. The number of hydrogen-bond donors (Lipinski definition) is 1. The van der Waals surface area contributed by atoms with Crippen LogP contribution in [0.4, 0.5) is 0 Å². The molecule has 1 aliphatic rings. The summed E-state index contributed by atoms with van der Waals surface area (Å²) >= 11 is 0. The molecule has 88 valence electrons. The standard InChI is InChI=1S/C12H16O3S/c13-9-10-5-7-12(8-6-10)16(14,15)11-3-1-2-4-11/h5-8,11,13H,1-4,9H2. The van der Waals surface area contributed by atoms with Crippen molar-refractivity contribution in [3.05, 3.63) is 29.8 Å². The fraction of sp³-hybridized carbons (Fsp3) is 0.500. The van der Waals surface area contributed by atoms with Crippen LogP contribution in [0.5, 0.6) is 0 Å². The summed E-state index contributed by atoms with van der Waals surface area (Å²) in [7, 11) is -3.15. The van der Waals surface area contributed by atoms with Crippen LogP contribution in [0.15, 0.2) is 29.2 Å². The number of aliphatic hydroxyl groups is 1. The van der Waals surface area contributed by atoms with E-state index in [0.717, 1.165) is 31.2 Å². The number of rotatable bonds is 3. The fourth-order valence-corrected chi connectivity index (χ4v) is 4.03. The van der Waals surface area contributed by atoms with Gasteiger partial charge in [-0.15, -0.1) is 0 Å². The van der Waals surface area contributed by atoms with Gasteiger partial charge in [-0.3, -0.25) is 0 Å². The van der Waals surface area contributed by atoms with Crippen molar-refractivity contribution in [3.8, 4) is 0 Å². The van der Waals surface area contributed by atoms with Crippen LogP contribution in [-0.4, -0.2) is 18.8 Å². The minimum absolute atomic E-state index is 0.0518. The molecular weight excluding hydrogens is 224 g/mol. The Labute approximate surface area is 96.0 Å². The van der Waals surface area contributed by atoms with Crippen LogP contribution in [0.2, 0.25) is 0 Å². The van der Waals surface area contributed by atoms with Gasteiger partial charge in [0.2, 0.25) is 0 Å². The van der Waals surface area contributed by atoms with E-state index in [2.05, 4.69) is 0 Å². The topological polar surface area (TPSA) is 54.4 Å². The molecule has 1 N–H and O–H groups in total. The predicted octanol–water partition coefficient (Wildman–Crippen LogP) is 1.90. The van der Waals surface area contributed by atoms with Crippen LogP contribution in [0.1, 0.15) is 31.2 Å². The molecule has 3 nitrogen and oxygen atoms in total. The van der Waals surface area contributed by atoms with Gasteiger partial charge in [-0.2, -0.15) is 0 Å². The predicted molar refractivity (Wildman–Crippen MR) is 61.8 cm³/mol. The Kier molecular flexibility index (Phi) is 3.30. The van der Waals surface area contributed by atoms with E-state index in [4.69, 9.17) is 5.11 Å². The van der Waals surface area contributed by atoms with Crippen LogP contribution in [0, 0.1) is 0 Å². The van der Waals surface area contributed by atoms with Gasteiger partial charge >= 0.3 is 0 Å². The van der Waals surface area contributed by atoms with E-state index in [1.165, 1.54) is 0 Å². The second-order valence-electron chi connectivity index (χ2n) is 4.25. The summed E-state index contributed by atoms with van der Waals surface area (Å²) in [5.74, 6) is 0. The van der Waals surface area contributed by atoms with Gasteiger partial charge in [0.1, 0.15) is 0 Å². The summed E-state index contributed by atoms with van der Waals surface area (Å²) in [5, 5.41) is 8.69. The van der Waals surface area contributed by atoms with Crippen LogP contribution < -0.4 is 0 Å². The highest BCUT2D eigenvalue weighted by Crippen LogP contribution is 2.29. The Hall–Kier alpha value is -0.870. The molecule has 0 aliphatic heterocycles. The van der Waals surface area contributed by atoms with E-state index in [1.807, 2.05) is 0 Å². The van der Waals surface area contributed by atoms with Gasteiger partial charge in [0, 0.05) is 0 Å². The van der Waals surface area contributed by atoms with Gasteiger partial charge in [0.05, 0.1) is 16.8 Å². The van der Waals surface area contributed by atoms with Crippen LogP contribution in [0.25, 0.3) is 0 Å².